The van der Waals surface area contributed by atoms with E-state index >= 15 is 0 Å². The van der Waals surface area contributed by atoms with Gasteiger partial charge in [0.15, 0.2) is 0 Å². The molecule has 27 heavy (non-hydrogen) atoms. The van der Waals surface area contributed by atoms with Gasteiger partial charge in [-0.15, -0.1) is 0 Å². The molecule has 1 aromatic heterocycles. The van der Waals surface area contributed by atoms with Crippen LogP contribution in [0.5, 0.6) is 0 Å². The van der Waals surface area contributed by atoms with Gasteiger partial charge >= 0.3 is 0 Å². The molecule has 0 atom stereocenters. The minimum absolute atomic E-state index is 0.159. The first kappa shape index (κ1) is 18.7. The van der Waals surface area contributed by atoms with Crippen molar-refractivity contribution < 1.29 is 9.32 Å². The van der Waals surface area contributed by atoms with E-state index in [1.807, 2.05) is 30.3 Å². The van der Waals surface area contributed by atoms with Gasteiger partial charge in [-0.25, -0.2) is 0 Å². The van der Waals surface area contributed by atoms with Crippen LogP contribution in [0.3, 0.4) is 0 Å². The predicted octanol–water partition coefficient (Wildman–Crippen LogP) is 4.21. The fraction of sp³-hybridized carbons (Fsp3) is 0.273. The summed E-state index contributed by atoms with van der Waals surface area (Å²) in [4.78, 5) is 15.0. The van der Waals surface area contributed by atoms with Crippen molar-refractivity contribution in [3.05, 3.63) is 71.5 Å². The van der Waals surface area contributed by atoms with Crippen LogP contribution in [0, 0.1) is 13.8 Å². The Hall–Kier alpha value is -3.08. The molecule has 2 aromatic carbocycles. The number of hydrogen-bond acceptors (Lipinski definition) is 4. The highest BCUT2D eigenvalue weighted by molar-refractivity contribution is 6.00. The van der Waals surface area contributed by atoms with Crippen molar-refractivity contribution >= 4 is 11.6 Å². The maximum absolute atomic E-state index is 12.8. The van der Waals surface area contributed by atoms with E-state index in [2.05, 4.69) is 53.5 Å². The molecule has 0 aliphatic carbocycles. The summed E-state index contributed by atoms with van der Waals surface area (Å²) >= 11 is 0. The summed E-state index contributed by atoms with van der Waals surface area (Å²) in [5.41, 5.74) is 4.34. The second-order valence-corrected chi connectivity index (χ2v) is 6.50. The van der Waals surface area contributed by atoms with E-state index in [1.54, 1.807) is 6.92 Å². The van der Waals surface area contributed by atoms with Gasteiger partial charge in [-0.2, -0.15) is 0 Å². The summed E-state index contributed by atoms with van der Waals surface area (Å²) in [6.07, 6.45) is 0. The molecule has 0 bridgehead atoms. The number of aromatic nitrogens is 1. The van der Waals surface area contributed by atoms with Crippen molar-refractivity contribution in [2.75, 3.05) is 24.5 Å². The van der Waals surface area contributed by atoms with E-state index in [4.69, 9.17) is 4.52 Å². The van der Waals surface area contributed by atoms with Gasteiger partial charge in [0.05, 0.1) is 0 Å². The van der Waals surface area contributed by atoms with Crippen molar-refractivity contribution in [2.24, 2.45) is 0 Å². The van der Waals surface area contributed by atoms with Gasteiger partial charge in [-0.1, -0.05) is 47.6 Å². The van der Waals surface area contributed by atoms with Crippen LogP contribution in [0.4, 0.5) is 5.69 Å². The number of aryl methyl sites for hydroxylation is 2. The van der Waals surface area contributed by atoms with Crippen LogP contribution < -0.4 is 10.2 Å². The first-order valence-corrected chi connectivity index (χ1v) is 9.21. The second-order valence-electron chi connectivity index (χ2n) is 6.50. The van der Waals surface area contributed by atoms with Crippen LogP contribution in [0.1, 0.15) is 28.6 Å². The molecule has 0 aliphatic heterocycles. The Morgan fingerprint density at radius 1 is 1.11 bits per heavy atom. The van der Waals surface area contributed by atoms with Gasteiger partial charge < -0.3 is 14.7 Å². The van der Waals surface area contributed by atoms with Crippen LogP contribution in [0.25, 0.3) is 11.3 Å². The van der Waals surface area contributed by atoms with E-state index in [0.29, 0.717) is 23.6 Å². The average molecular weight is 363 g/mol. The molecule has 0 radical (unpaired) electrons. The first-order valence-electron chi connectivity index (χ1n) is 9.21. The molecule has 0 unspecified atom stereocenters. The molecule has 1 amide bonds. The molecule has 5 nitrogen and oxygen atoms in total. The number of rotatable bonds is 7. The van der Waals surface area contributed by atoms with E-state index in [9.17, 15) is 4.79 Å². The molecule has 0 aliphatic rings. The summed E-state index contributed by atoms with van der Waals surface area (Å²) < 4.78 is 5.28. The summed E-state index contributed by atoms with van der Waals surface area (Å²) in [7, 11) is 0. The summed E-state index contributed by atoms with van der Waals surface area (Å²) in [6, 6.07) is 18.0. The van der Waals surface area contributed by atoms with Gasteiger partial charge in [-0.3, -0.25) is 4.79 Å². The molecule has 0 saturated carbocycles. The fourth-order valence-corrected chi connectivity index (χ4v) is 3.12. The van der Waals surface area contributed by atoms with Crippen LogP contribution in [-0.4, -0.2) is 30.7 Å². The molecule has 3 aromatic rings. The smallest absolute Gasteiger partial charge is 0.257 e. The van der Waals surface area contributed by atoms with Gasteiger partial charge in [0.25, 0.3) is 5.91 Å². The number of carbonyl (C=O) groups excluding carboxylic acids is 1. The molecule has 3 rings (SSSR count). The lowest BCUT2D eigenvalue weighted by molar-refractivity contribution is 0.0953. The fourth-order valence-electron chi connectivity index (χ4n) is 3.12. The largest absolute Gasteiger partial charge is 0.370 e. The third kappa shape index (κ3) is 4.37. The molecule has 0 fully saturated rings. The molecular formula is C22H25N3O2. The normalized spacial score (nSPS) is 10.6. The zero-order valence-corrected chi connectivity index (χ0v) is 16.0. The predicted molar refractivity (Wildman–Crippen MR) is 108 cm³/mol. The standard InChI is InChI=1S/C22H25N3O2/c1-4-25(19-12-8-9-16(2)15-19)14-13-23-22(26)20-17(3)27-24-21(20)18-10-6-5-7-11-18/h5-12,15H,4,13-14H2,1-3H3,(H,23,26). The summed E-state index contributed by atoms with van der Waals surface area (Å²) in [5, 5.41) is 7.08. The SMILES string of the molecule is CCN(CCNC(=O)c1c(-c2ccccc2)noc1C)c1cccc(C)c1. The van der Waals surface area contributed by atoms with Gasteiger partial charge in [0.1, 0.15) is 17.0 Å². The lowest BCUT2D eigenvalue weighted by Crippen LogP contribution is -2.35. The van der Waals surface area contributed by atoms with Gasteiger partial charge in [-0.05, 0) is 38.5 Å². The Morgan fingerprint density at radius 2 is 1.89 bits per heavy atom. The Balaban J connectivity index is 1.67. The van der Waals surface area contributed by atoms with Gasteiger partial charge in [0.2, 0.25) is 0 Å². The maximum Gasteiger partial charge on any atom is 0.257 e. The number of nitrogens with one attached hydrogen (secondary N) is 1. The number of amides is 1. The Morgan fingerprint density at radius 3 is 2.59 bits per heavy atom. The molecule has 0 spiro atoms. The highest BCUT2D eigenvalue weighted by atomic mass is 16.5. The number of carbonyl (C=O) groups is 1. The van der Waals surface area contributed by atoms with Crippen LogP contribution in [-0.2, 0) is 0 Å². The highest BCUT2D eigenvalue weighted by Crippen LogP contribution is 2.24. The third-order valence-electron chi connectivity index (χ3n) is 4.55. The topological polar surface area (TPSA) is 58.4 Å². The quantitative estimate of drug-likeness (QED) is 0.683. The average Bonchev–Trinajstić information content (AvgIpc) is 3.07. The summed E-state index contributed by atoms with van der Waals surface area (Å²) in [6.45, 7) is 8.11. The zero-order valence-electron chi connectivity index (χ0n) is 16.0. The van der Waals surface area contributed by atoms with Crippen LogP contribution >= 0.6 is 0 Å². The van der Waals surface area contributed by atoms with Crippen molar-refractivity contribution in [3.8, 4) is 11.3 Å². The van der Waals surface area contributed by atoms with Crippen molar-refractivity contribution in [1.82, 2.24) is 10.5 Å². The molecular weight excluding hydrogens is 338 g/mol. The second kappa shape index (κ2) is 8.54. The van der Waals surface area contributed by atoms with Crippen molar-refractivity contribution in [1.29, 1.82) is 0 Å². The van der Waals surface area contributed by atoms with Crippen LogP contribution in [0.2, 0.25) is 0 Å². The minimum Gasteiger partial charge on any atom is -0.370 e. The number of benzene rings is 2. The van der Waals surface area contributed by atoms with E-state index < -0.39 is 0 Å². The van der Waals surface area contributed by atoms with Crippen LogP contribution in [0.15, 0.2) is 59.1 Å². The monoisotopic (exact) mass is 363 g/mol. The lowest BCUT2D eigenvalue weighted by atomic mass is 10.1. The van der Waals surface area contributed by atoms with Crippen molar-refractivity contribution in [2.45, 2.75) is 20.8 Å². The third-order valence-corrected chi connectivity index (χ3v) is 4.55. The first-order chi connectivity index (χ1) is 13.1. The van der Waals surface area contributed by atoms with E-state index in [1.165, 1.54) is 5.56 Å². The number of nitrogens with zero attached hydrogens (tertiary/aromatic N) is 2. The highest BCUT2D eigenvalue weighted by Gasteiger charge is 2.21. The molecule has 0 saturated heterocycles. The Labute approximate surface area is 160 Å². The van der Waals surface area contributed by atoms with Gasteiger partial charge in [0, 0.05) is 30.9 Å². The minimum atomic E-state index is -0.159. The molecule has 1 N–H and O–H groups in total. The Kier molecular flexibility index (Phi) is 5.91. The van der Waals surface area contributed by atoms with E-state index in [-0.39, 0.29) is 5.91 Å². The number of likely N-dealkylation sites (N-methyl/N-ethyl adjacent to an activating group) is 1. The van der Waals surface area contributed by atoms with Crippen molar-refractivity contribution in [3.63, 3.8) is 0 Å². The van der Waals surface area contributed by atoms with E-state index in [0.717, 1.165) is 24.3 Å². The zero-order chi connectivity index (χ0) is 19.2. The Bertz CT molecular complexity index is 903. The molecule has 140 valence electrons. The maximum atomic E-state index is 12.8. The number of hydrogen-bond donors (Lipinski definition) is 1. The lowest BCUT2D eigenvalue weighted by Gasteiger charge is -2.23. The molecule has 5 heteroatoms. The molecule has 1 heterocycles. The number of anilines is 1. The summed E-state index contributed by atoms with van der Waals surface area (Å²) in [5.74, 6) is 0.366.